The Hall–Kier alpha value is -5.57. The van der Waals surface area contributed by atoms with Gasteiger partial charge in [0, 0.05) is 0 Å². The summed E-state index contributed by atoms with van der Waals surface area (Å²) in [5.41, 5.74) is 1.19. The van der Waals surface area contributed by atoms with Crippen LogP contribution in [0.4, 0.5) is 0 Å². The highest BCUT2D eigenvalue weighted by Gasteiger charge is 2.47. The van der Waals surface area contributed by atoms with E-state index >= 15 is 0 Å². The highest BCUT2D eigenvalue weighted by Crippen LogP contribution is 2.42. The molecule has 1 aliphatic rings. The Morgan fingerprint density at radius 2 is 1.23 bits per heavy atom. The molecule has 52 heavy (non-hydrogen) atoms. The Labute approximate surface area is 296 Å². The number of benzene rings is 5. The quantitative estimate of drug-likeness (QED) is 0.0663. The molecule has 0 spiro atoms. The maximum absolute atomic E-state index is 13.6. The fourth-order valence-electron chi connectivity index (χ4n) is 6.48. The molecular weight excluding hydrogens is 672 g/mol. The second-order valence-corrected chi connectivity index (χ2v) is 12.2. The zero-order valence-electron chi connectivity index (χ0n) is 27.4. The van der Waals surface area contributed by atoms with Crippen LogP contribution in [0.2, 0.25) is 0 Å². The fraction of sp³-hybridized carbons (Fsp3) is 0.175. The van der Waals surface area contributed by atoms with Crippen molar-refractivity contribution in [2.24, 2.45) is 0 Å². The predicted molar refractivity (Wildman–Crippen MR) is 187 cm³/mol. The van der Waals surface area contributed by atoms with Crippen LogP contribution in [-0.4, -0.2) is 63.1 Å². The first kappa shape index (κ1) is 34.9. The van der Waals surface area contributed by atoms with Gasteiger partial charge >= 0.3 is 0 Å². The van der Waals surface area contributed by atoms with E-state index < -0.39 is 41.7 Å². The van der Waals surface area contributed by atoms with Crippen LogP contribution in [0.1, 0.15) is 16.7 Å². The first-order chi connectivity index (χ1) is 25.3. The van der Waals surface area contributed by atoms with Crippen LogP contribution in [0, 0.1) is 0 Å². The van der Waals surface area contributed by atoms with Crippen molar-refractivity contribution < 1.29 is 54.2 Å². The van der Waals surface area contributed by atoms with Crippen molar-refractivity contribution in [3.05, 3.63) is 161 Å². The van der Waals surface area contributed by atoms with Crippen LogP contribution in [0.25, 0.3) is 22.1 Å². The molecule has 1 aliphatic heterocycles. The highest BCUT2D eigenvalue weighted by molar-refractivity contribution is 5.88. The topological polar surface area (TPSA) is 178 Å². The van der Waals surface area contributed by atoms with Crippen molar-refractivity contribution in [1.29, 1.82) is 0 Å². The van der Waals surface area contributed by atoms with E-state index in [-0.39, 0.29) is 40.4 Å². The van der Waals surface area contributed by atoms with Gasteiger partial charge in [0.25, 0.3) is 0 Å². The van der Waals surface area contributed by atoms with Crippen molar-refractivity contribution in [2.45, 2.75) is 36.3 Å². The summed E-state index contributed by atoms with van der Waals surface area (Å²) < 4.78 is 24.7. The Balaban J connectivity index is 1.23. The zero-order chi connectivity index (χ0) is 36.2. The van der Waals surface area contributed by atoms with Gasteiger partial charge in [0.15, 0.2) is 11.3 Å². The van der Waals surface area contributed by atoms with E-state index in [2.05, 4.69) is 9.78 Å². The van der Waals surface area contributed by atoms with Crippen molar-refractivity contribution >= 4 is 11.0 Å². The molecule has 5 N–H and O–H groups in total. The van der Waals surface area contributed by atoms with E-state index in [1.54, 1.807) is 12.1 Å². The SMILES string of the molecule is O=c1c(-c2ccc(OO)cc2)coc2c(O[C@H]3O[C@H](COC(c4ccccc4)(c4ccccc4)c4ccccc4)[C@H](O)[C@H](O)[C@H]3O)c(OO)ccc12. The third-order valence-electron chi connectivity index (χ3n) is 9.14. The number of fused-ring (bicyclic) bond motifs is 1. The molecule has 1 aromatic heterocycles. The Morgan fingerprint density at radius 1 is 0.654 bits per heavy atom. The fourth-order valence-corrected chi connectivity index (χ4v) is 6.48. The standard InChI is InChI=1S/C40H34O12/c41-33-29-20-21-31(52-46)38(37(29)47-22-30(33)24-16-18-28(51-45)19-17-24)50-39-36(44)35(43)34(42)32(49-39)23-48-40(25-10-4-1-5-11-25,26-12-6-2-7-13-26)27-14-8-3-9-15-27/h1-22,32,34-36,39,42-46H,23H2/t32-,34+,35+,36-,39-/m1/s1. The molecule has 7 rings (SSSR count). The van der Waals surface area contributed by atoms with Gasteiger partial charge in [0.05, 0.1) is 17.6 Å². The number of ether oxygens (including phenoxy) is 3. The molecule has 0 aliphatic carbocycles. The first-order valence-corrected chi connectivity index (χ1v) is 16.3. The molecule has 5 atom stereocenters. The van der Waals surface area contributed by atoms with Crippen molar-refractivity contribution in [1.82, 2.24) is 0 Å². The average molecular weight is 707 g/mol. The Kier molecular flexibility index (Phi) is 10.0. The van der Waals surface area contributed by atoms with E-state index in [4.69, 9.17) is 23.9 Å². The molecule has 0 amide bonds. The number of aliphatic hydroxyl groups excluding tert-OH is 3. The average Bonchev–Trinajstić information content (AvgIpc) is 3.20. The number of hydrogen-bond donors (Lipinski definition) is 5. The minimum atomic E-state index is -1.80. The second-order valence-electron chi connectivity index (χ2n) is 12.2. The molecule has 2 heterocycles. The van der Waals surface area contributed by atoms with Crippen LogP contribution in [-0.2, 0) is 15.1 Å². The third-order valence-corrected chi connectivity index (χ3v) is 9.14. The van der Waals surface area contributed by atoms with E-state index in [1.165, 1.54) is 30.5 Å². The van der Waals surface area contributed by atoms with Gasteiger partial charge in [-0.25, -0.2) is 10.5 Å². The van der Waals surface area contributed by atoms with Gasteiger partial charge in [-0.1, -0.05) is 103 Å². The molecule has 6 aromatic rings. The van der Waals surface area contributed by atoms with Gasteiger partial charge in [0.1, 0.15) is 36.3 Å². The summed E-state index contributed by atoms with van der Waals surface area (Å²) in [5, 5.41) is 51.9. The lowest BCUT2D eigenvalue weighted by atomic mass is 9.80. The van der Waals surface area contributed by atoms with Crippen molar-refractivity contribution in [3.8, 4) is 28.4 Å². The van der Waals surface area contributed by atoms with Gasteiger partial charge in [-0.2, -0.15) is 0 Å². The van der Waals surface area contributed by atoms with Crippen LogP contribution < -0.4 is 19.9 Å². The molecule has 266 valence electrons. The van der Waals surface area contributed by atoms with Gasteiger partial charge < -0.3 is 43.7 Å². The van der Waals surface area contributed by atoms with Crippen molar-refractivity contribution in [2.75, 3.05) is 6.61 Å². The number of aliphatic hydroxyl groups is 3. The number of hydrogen-bond acceptors (Lipinski definition) is 12. The number of rotatable bonds is 11. The van der Waals surface area contributed by atoms with Crippen LogP contribution in [0.5, 0.6) is 17.2 Å². The molecule has 0 radical (unpaired) electrons. The minimum absolute atomic E-state index is 0.0277. The molecular formula is C40H34O12. The van der Waals surface area contributed by atoms with E-state index in [9.17, 15) is 25.4 Å². The zero-order valence-corrected chi connectivity index (χ0v) is 27.4. The summed E-state index contributed by atoms with van der Waals surface area (Å²) in [6.07, 6.45) is -6.91. The summed E-state index contributed by atoms with van der Waals surface area (Å²) >= 11 is 0. The molecule has 0 unspecified atom stereocenters. The first-order valence-electron chi connectivity index (χ1n) is 16.3. The summed E-state index contributed by atoms with van der Waals surface area (Å²) in [5.74, 6) is -0.428. The van der Waals surface area contributed by atoms with Gasteiger partial charge in [-0.05, 0) is 46.5 Å². The van der Waals surface area contributed by atoms with E-state index in [0.717, 1.165) is 16.7 Å². The lowest BCUT2D eigenvalue weighted by Gasteiger charge is -2.42. The van der Waals surface area contributed by atoms with Crippen LogP contribution in [0.3, 0.4) is 0 Å². The van der Waals surface area contributed by atoms with Crippen LogP contribution in [0.15, 0.2) is 143 Å². The summed E-state index contributed by atoms with van der Waals surface area (Å²) in [6.45, 7) is -0.291. The monoisotopic (exact) mass is 706 g/mol. The predicted octanol–water partition coefficient (Wildman–Crippen LogP) is 5.36. The molecule has 1 saturated heterocycles. The molecule has 12 heteroatoms. The van der Waals surface area contributed by atoms with E-state index in [1.807, 2.05) is 91.0 Å². The Bertz CT molecular complexity index is 2060. The lowest BCUT2D eigenvalue weighted by Crippen LogP contribution is -2.60. The normalized spacial score (nSPS) is 20.4. The molecule has 12 nitrogen and oxygen atoms in total. The van der Waals surface area contributed by atoms with Crippen LogP contribution >= 0.6 is 0 Å². The third kappa shape index (κ3) is 6.40. The smallest absolute Gasteiger partial charge is 0.229 e. The Morgan fingerprint density at radius 3 is 1.77 bits per heavy atom. The molecule has 1 fully saturated rings. The summed E-state index contributed by atoms with van der Waals surface area (Å²) in [7, 11) is 0. The largest absolute Gasteiger partial charge is 0.459 e. The molecule has 0 bridgehead atoms. The van der Waals surface area contributed by atoms with Gasteiger partial charge in [-0.3, -0.25) is 4.79 Å². The van der Waals surface area contributed by atoms with Crippen molar-refractivity contribution in [3.63, 3.8) is 0 Å². The summed E-state index contributed by atoms with van der Waals surface area (Å²) in [4.78, 5) is 22.3. The lowest BCUT2D eigenvalue weighted by molar-refractivity contribution is -0.283. The highest BCUT2D eigenvalue weighted by atomic mass is 17.1. The minimum Gasteiger partial charge on any atom is -0.459 e. The van der Waals surface area contributed by atoms with Gasteiger partial charge in [0.2, 0.25) is 23.2 Å². The second kappa shape index (κ2) is 15.0. The molecule has 0 saturated carbocycles. The van der Waals surface area contributed by atoms with Gasteiger partial charge in [-0.15, -0.1) is 0 Å². The maximum Gasteiger partial charge on any atom is 0.229 e. The van der Waals surface area contributed by atoms with E-state index in [0.29, 0.717) is 5.56 Å². The molecule has 5 aromatic carbocycles. The summed E-state index contributed by atoms with van der Waals surface area (Å²) in [6, 6.07) is 37.2. The maximum atomic E-state index is 13.6.